The lowest BCUT2D eigenvalue weighted by Gasteiger charge is -2.26. The number of nitrogens with one attached hydrogen (secondary N) is 1. The standard InChI is InChI=1S/C24H28N4O4S/c1-17(2)23-26-22(32-27-23)15-18-6-8-21(9-7-18)25-24(29)20-5-3-4-19(14-20)16-28-10-12-33(30,31)13-11-28/h3-9,14,17H,10-13,15-16H2,1-2H3,(H,25,29). The number of carbonyl (C=O) groups is 1. The predicted octanol–water partition coefficient (Wildman–Crippen LogP) is 3.27. The molecule has 0 bridgehead atoms. The number of carbonyl (C=O) groups excluding carboxylic acids is 1. The Balaban J connectivity index is 1.34. The SMILES string of the molecule is CC(C)c1noc(Cc2ccc(NC(=O)c3cccc(CN4CCS(=O)(=O)CC4)c3)cc2)n1. The molecule has 2 heterocycles. The van der Waals surface area contributed by atoms with Gasteiger partial charge in [-0.05, 0) is 35.4 Å². The number of sulfone groups is 1. The third kappa shape index (κ3) is 6.27. The Bertz CT molecular complexity index is 1210. The van der Waals surface area contributed by atoms with Crippen LogP contribution in [0.3, 0.4) is 0 Å². The van der Waals surface area contributed by atoms with Crippen molar-refractivity contribution in [1.29, 1.82) is 0 Å². The number of aromatic nitrogens is 2. The summed E-state index contributed by atoms with van der Waals surface area (Å²) < 4.78 is 28.5. The van der Waals surface area contributed by atoms with Crippen LogP contribution in [0, 0.1) is 0 Å². The van der Waals surface area contributed by atoms with Crippen LogP contribution in [0.15, 0.2) is 53.1 Å². The molecular formula is C24H28N4O4S. The van der Waals surface area contributed by atoms with Gasteiger partial charge >= 0.3 is 0 Å². The van der Waals surface area contributed by atoms with Crippen LogP contribution in [0.5, 0.6) is 0 Å². The number of nitrogens with zero attached hydrogens (tertiary/aromatic N) is 3. The molecule has 1 saturated heterocycles. The van der Waals surface area contributed by atoms with Crippen molar-refractivity contribution in [2.45, 2.75) is 32.7 Å². The number of amides is 1. The number of hydrogen-bond donors (Lipinski definition) is 1. The monoisotopic (exact) mass is 468 g/mol. The first-order valence-electron chi connectivity index (χ1n) is 11.0. The number of benzene rings is 2. The first-order chi connectivity index (χ1) is 15.8. The molecule has 1 aliphatic heterocycles. The highest BCUT2D eigenvalue weighted by Gasteiger charge is 2.21. The molecular weight excluding hydrogens is 440 g/mol. The maximum absolute atomic E-state index is 12.7. The first-order valence-corrected chi connectivity index (χ1v) is 12.8. The smallest absolute Gasteiger partial charge is 0.255 e. The van der Waals surface area contributed by atoms with Crippen LogP contribution in [0.1, 0.15) is 53.0 Å². The summed E-state index contributed by atoms with van der Waals surface area (Å²) in [5.74, 6) is 1.67. The number of anilines is 1. The highest BCUT2D eigenvalue weighted by Crippen LogP contribution is 2.17. The Morgan fingerprint density at radius 1 is 1.09 bits per heavy atom. The van der Waals surface area contributed by atoms with Crippen LogP contribution >= 0.6 is 0 Å². The lowest BCUT2D eigenvalue weighted by Crippen LogP contribution is -2.39. The molecule has 2 aromatic carbocycles. The van der Waals surface area contributed by atoms with Crippen LogP contribution in [-0.2, 0) is 22.8 Å². The normalized spacial score (nSPS) is 16.1. The first kappa shape index (κ1) is 23.1. The third-order valence-electron chi connectivity index (χ3n) is 5.60. The fourth-order valence-corrected chi connectivity index (χ4v) is 4.91. The molecule has 4 rings (SSSR count). The largest absolute Gasteiger partial charge is 0.339 e. The zero-order chi connectivity index (χ0) is 23.4. The molecule has 8 nitrogen and oxygen atoms in total. The van der Waals surface area contributed by atoms with E-state index in [4.69, 9.17) is 4.52 Å². The van der Waals surface area contributed by atoms with E-state index in [0.29, 0.717) is 49.0 Å². The Hall–Kier alpha value is -3.04. The molecule has 3 aromatic rings. The Morgan fingerprint density at radius 2 is 1.82 bits per heavy atom. The van der Waals surface area contributed by atoms with Crippen LogP contribution < -0.4 is 5.32 Å². The van der Waals surface area contributed by atoms with Crippen molar-refractivity contribution in [1.82, 2.24) is 15.0 Å². The van der Waals surface area contributed by atoms with E-state index < -0.39 is 9.84 Å². The maximum Gasteiger partial charge on any atom is 0.255 e. The third-order valence-corrected chi connectivity index (χ3v) is 7.21. The van der Waals surface area contributed by atoms with E-state index in [0.717, 1.165) is 11.1 Å². The highest BCUT2D eigenvalue weighted by atomic mass is 32.2. The van der Waals surface area contributed by atoms with Crippen molar-refractivity contribution in [3.8, 4) is 0 Å². The maximum atomic E-state index is 12.7. The fraction of sp³-hybridized carbons (Fsp3) is 0.375. The Morgan fingerprint density at radius 3 is 2.48 bits per heavy atom. The summed E-state index contributed by atoms with van der Waals surface area (Å²) >= 11 is 0. The molecule has 1 fully saturated rings. The Labute approximate surface area is 193 Å². The van der Waals surface area contributed by atoms with Gasteiger partial charge < -0.3 is 9.84 Å². The lowest BCUT2D eigenvalue weighted by atomic mass is 10.1. The summed E-state index contributed by atoms with van der Waals surface area (Å²) in [6, 6.07) is 15.0. The van der Waals surface area contributed by atoms with Gasteiger partial charge in [-0.2, -0.15) is 4.98 Å². The summed E-state index contributed by atoms with van der Waals surface area (Å²) in [6.45, 7) is 5.70. The second-order valence-electron chi connectivity index (χ2n) is 8.66. The molecule has 1 aromatic heterocycles. The van der Waals surface area contributed by atoms with Crippen molar-refractivity contribution in [2.75, 3.05) is 29.9 Å². The highest BCUT2D eigenvalue weighted by molar-refractivity contribution is 7.91. The number of rotatable bonds is 7. The topological polar surface area (TPSA) is 105 Å². The summed E-state index contributed by atoms with van der Waals surface area (Å²) in [7, 11) is -2.91. The molecule has 0 spiro atoms. The van der Waals surface area contributed by atoms with Gasteiger partial charge in [0, 0.05) is 36.8 Å². The van der Waals surface area contributed by atoms with Gasteiger partial charge in [0.25, 0.3) is 5.91 Å². The Kier molecular flexibility index (Phi) is 6.90. The molecule has 0 atom stereocenters. The second kappa shape index (κ2) is 9.84. The van der Waals surface area contributed by atoms with Gasteiger partial charge in [0.15, 0.2) is 15.7 Å². The minimum absolute atomic E-state index is 0.189. The van der Waals surface area contributed by atoms with E-state index in [9.17, 15) is 13.2 Å². The molecule has 0 unspecified atom stereocenters. The summed E-state index contributed by atoms with van der Waals surface area (Å²) in [5, 5.41) is 6.91. The molecule has 33 heavy (non-hydrogen) atoms. The van der Waals surface area contributed by atoms with Crippen LogP contribution in [0.2, 0.25) is 0 Å². The van der Waals surface area contributed by atoms with Crippen LogP contribution in [0.25, 0.3) is 0 Å². The van der Waals surface area contributed by atoms with Crippen molar-refractivity contribution >= 4 is 21.4 Å². The van der Waals surface area contributed by atoms with Gasteiger partial charge in [0.05, 0.1) is 17.9 Å². The molecule has 0 saturated carbocycles. The second-order valence-corrected chi connectivity index (χ2v) is 11.0. The fourth-order valence-electron chi connectivity index (χ4n) is 3.64. The summed E-state index contributed by atoms with van der Waals surface area (Å²) in [6.07, 6.45) is 0.536. The molecule has 1 aliphatic rings. The molecule has 1 N–H and O–H groups in total. The van der Waals surface area contributed by atoms with Crippen molar-refractivity contribution in [2.24, 2.45) is 0 Å². The van der Waals surface area contributed by atoms with Gasteiger partial charge in [-0.15, -0.1) is 0 Å². The van der Waals surface area contributed by atoms with Crippen LogP contribution in [-0.4, -0.2) is 54.0 Å². The van der Waals surface area contributed by atoms with E-state index in [1.54, 1.807) is 6.07 Å². The molecule has 174 valence electrons. The van der Waals surface area contributed by atoms with E-state index in [-0.39, 0.29) is 23.3 Å². The average molecular weight is 469 g/mol. The average Bonchev–Trinajstić information content (AvgIpc) is 3.26. The van der Waals surface area contributed by atoms with Gasteiger partial charge in [-0.1, -0.05) is 43.3 Å². The van der Waals surface area contributed by atoms with Crippen molar-refractivity contribution in [3.05, 3.63) is 76.9 Å². The van der Waals surface area contributed by atoms with Gasteiger partial charge in [-0.25, -0.2) is 8.42 Å². The minimum Gasteiger partial charge on any atom is -0.339 e. The minimum atomic E-state index is -2.91. The molecule has 0 radical (unpaired) electrons. The van der Waals surface area contributed by atoms with Crippen molar-refractivity contribution in [3.63, 3.8) is 0 Å². The molecule has 9 heteroatoms. The van der Waals surface area contributed by atoms with E-state index in [1.165, 1.54) is 0 Å². The van der Waals surface area contributed by atoms with E-state index in [2.05, 4.69) is 20.4 Å². The van der Waals surface area contributed by atoms with Gasteiger partial charge in [-0.3, -0.25) is 9.69 Å². The van der Waals surface area contributed by atoms with E-state index in [1.807, 2.05) is 56.3 Å². The van der Waals surface area contributed by atoms with E-state index >= 15 is 0 Å². The van der Waals surface area contributed by atoms with Gasteiger partial charge in [0.1, 0.15) is 0 Å². The molecule has 1 amide bonds. The zero-order valence-corrected chi connectivity index (χ0v) is 19.6. The zero-order valence-electron chi connectivity index (χ0n) is 18.8. The van der Waals surface area contributed by atoms with Gasteiger partial charge in [0.2, 0.25) is 5.89 Å². The number of hydrogen-bond acceptors (Lipinski definition) is 7. The lowest BCUT2D eigenvalue weighted by molar-refractivity contribution is 0.102. The predicted molar refractivity (Wildman–Crippen MR) is 126 cm³/mol. The summed E-state index contributed by atoms with van der Waals surface area (Å²) in [4.78, 5) is 19.2. The van der Waals surface area contributed by atoms with Crippen LogP contribution in [0.4, 0.5) is 5.69 Å². The summed E-state index contributed by atoms with van der Waals surface area (Å²) in [5.41, 5.74) is 3.26. The quantitative estimate of drug-likeness (QED) is 0.567. The van der Waals surface area contributed by atoms with Crippen molar-refractivity contribution < 1.29 is 17.7 Å². The molecule has 0 aliphatic carbocycles.